The first kappa shape index (κ1) is 13.1. The van der Waals surface area contributed by atoms with Gasteiger partial charge in [0, 0.05) is 22.3 Å². The van der Waals surface area contributed by atoms with Crippen molar-refractivity contribution in [1.82, 2.24) is 5.32 Å². The van der Waals surface area contributed by atoms with Crippen LogP contribution in [-0.4, -0.2) is 6.54 Å². The summed E-state index contributed by atoms with van der Waals surface area (Å²) in [4.78, 5) is 2.90. The normalized spacial score (nSPS) is 20.7. The predicted molar refractivity (Wildman–Crippen MR) is 76.8 cm³/mol. The second-order valence-corrected chi connectivity index (χ2v) is 7.45. The Balaban J connectivity index is 1.93. The van der Waals surface area contributed by atoms with Crippen molar-refractivity contribution >= 4 is 11.3 Å². The third-order valence-electron chi connectivity index (χ3n) is 4.19. The van der Waals surface area contributed by atoms with Gasteiger partial charge in [0.15, 0.2) is 0 Å². The molecule has 1 fully saturated rings. The molecule has 1 aromatic rings. The van der Waals surface area contributed by atoms with E-state index >= 15 is 0 Å². The van der Waals surface area contributed by atoms with E-state index in [1.165, 1.54) is 47.5 Å². The van der Waals surface area contributed by atoms with Gasteiger partial charge in [-0.1, -0.05) is 19.8 Å². The quantitative estimate of drug-likeness (QED) is 0.825. The lowest BCUT2D eigenvalue weighted by Gasteiger charge is -2.26. The molecule has 0 radical (unpaired) electrons. The number of hydrogen-bond acceptors (Lipinski definition) is 2. The highest BCUT2D eigenvalue weighted by Gasteiger charge is 2.28. The van der Waals surface area contributed by atoms with Crippen LogP contribution in [0, 0.1) is 19.3 Å². The van der Waals surface area contributed by atoms with Gasteiger partial charge in [-0.15, -0.1) is 11.3 Å². The molecule has 1 atom stereocenters. The van der Waals surface area contributed by atoms with Crippen molar-refractivity contribution in [2.24, 2.45) is 5.41 Å². The van der Waals surface area contributed by atoms with Crippen LogP contribution in [0.25, 0.3) is 0 Å². The summed E-state index contributed by atoms with van der Waals surface area (Å²) in [5.74, 6) is 0. The number of hydrogen-bond donors (Lipinski definition) is 1. The minimum Gasteiger partial charge on any atom is -0.310 e. The number of rotatable bonds is 4. The molecule has 0 aliphatic heterocycles. The first-order valence-electron chi connectivity index (χ1n) is 6.80. The van der Waals surface area contributed by atoms with Crippen LogP contribution >= 0.6 is 11.3 Å². The van der Waals surface area contributed by atoms with Gasteiger partial charge in [-0.25, -0.2) is 0 Å². The molecule has 0 amide bonds. The van der Waals surface area contributed by atoms with Gasteiger partial charge >= 0.3 is 0 Å². The molecular formula is C15H25NS. The highest BCUT2D eigenvalue weighted by molar-refractivity contribution is 7.12. The molecule has 0 spiro atoms. The summed E-state index contributed by atoms with van der Waals surface area (Å²) in [7, 11) is 0. The molecule has 0 aromatic carbocycles. The fourth-order valence-corrected chi connectivity index (χ4v) is 4.02. The van der Waals surface area contributed by atoms with Crippen LogP contribution in [0.15, 0.2) is 6.07 Å². The van der Waals surface area contributed by atoms with Crippen molar-refractivity contribution in [3.05, 3.63) is 21.4 Å². The van der Waals surface area contributed by atoms with E-state index in [0.717, 1.165) is 0 Å². The lowest BCUT2D eigenvalue weighted by atomic mass is 9.88. The van der Waals surface area contributed by atoms with Gasteiger partial charge in [-0.3, -0.25) is 0 Å². The van der Waals surface area contributed by atoms with Crippen molar-refractivity contribution < 1.29 is 0 Å². The topological polar surface area (TPSA) is 12.0 Å². The summed E-state index contributed by atoms with van der Waals surface area (Å²) in [6.07, 6.45) is 5.63. The molecule has 0 saturated heterocycles. The summed E-state index contributed by atoms with van der Waals surface area (Å²) in [5.41, 5.74) is 2.04. The van der Waals surface area contributed by atoms with Crippen molar-refractivity contribution in [2.45, 2.75) is 59.4 Å². The fraction of sp³-hybridized carbons (Fsp3) is 0.733. The molecule has 1 nitrogen and oxygen atoms in total. The van der Waals surface area contributed by atoms with E-state index in [9.17, 15) is 0 Å². The highest BCUT2D eigenvalue weighted by atomic mass is 32.1. The van der Waals surface area contributed by atoms with Crippen LogP contribution in [0.5, 0.6) is 0 Å². The third kappa shape index (κ3) is 3.11. The average Bonchev–Trinajstić information content (AvgIpc) is 2.83. The molecule has 1 aromatic heterocycles. The van der Waals surface area contributed by atoms with Crippen LogP contribution in [0.3, 0.4) is 0 Å². The Bertz CT molecular complexity index is 374. The van der Waals surface area contributed by atoms with E-state index in [4.69, 9.17) is 0 Å². The zero-order valence-electron chi connectivity index (χ0n) is 11.6. The van der Waals surface area contributed by atoms with Gasteiger partial charge in [0.05, 0.1) is 0 Å². The van der Waals surface area contributed by atoms with Gasteiger partial charge in [-0.2, -0.15) is 0 Å². The molecule has 1 heterocycles. The largest absolute Gasteiger partial charge is 0.310 e. The van der Waals surface area contributed by atoms with Crippen molar-refractivity contribution in [2.75, 3.05) is 6.54 Å². The maximum absolute atomic E-state index is 3.74. The molecular weight excluding hydrogens is 226 g/mol. The summed E-state index contributed by atoms with van der Waals surface area (Å²) < 4.78 is 0. The van der Waals surface area contributed by atoms with Crippen LogP contribution < -0.4 is 5.32 Å². The Labute approximate surface area is 110 Å². The van der Waals surface area contributed by atoms with E-state index < -0.39 is 0 Å². The molecule has 2 heteroatoms. The zero-order chi connectivity index (χ0) is 12.5. The minimum absolute atomic E-state index is 0.498. The molecule has 1 unspecified atom stereocenters. The first-order valence-corrected chi connectivity index (χ1v) is 7.62. The lowest BCUT2D eigenvalue weighted by Crippen LogP contribution is -2.31. The zero-order valence-corrected chi connectivity index (χ0v) is 12.4. The second-order valence-electron chi connectivity index (χ2n) is 5.99. The van der Waals surface area contributed by atoms with Gasteiger partial charge in [0.25, 0.3) is 0 Å². The van der Waals surface area contributed by atoms with Gasteiger partial charge in [0.1, 0.15) is 0 Å². The summed E-state index contributed by atoms with van der Waals surface area (Å²) in [6.45, 7) is 10.3. The maximum Gasteiger partial charge on any atom is 0.0303 e. The second kappa shape index (κ2) is 5.11. The number of aryl methyl sites for hydroxylation is 2. The van der Waals surface area contributed by atoms with Crippen molar-refractivity contribution in [3.8, 4) is 0 Å². The Morgan fingerprint density at radius 3 is 2.53 bits per heavy atom. The molecule has 1 saturated carbocycles. The Morgan fingerprint density at radius 2 is 2.00 bits per heavy atom. The first-order chi connectivity index (χ1) is 8.00. The number of thiophene rings is 1. The average molecular weight is 251 g/mol. The van der Waals surface area contributed by atoms with Crippen molar-refractivity contribution in [3.63, 3.8) is 0 Å². The minimum atomic E-state index is 0.498. The standard InChI is InChI=1S/C15H25NS/c1-11-9-14(13(3)17-11)12(2)16-10-15(4)7-5-6-8-15/h9,12,16H,5-8,10H2,1-4H3. The molecule has 1 aliphatic carbocycles. The van der Waals surface area contributed by atoms with E-state index in [-0.39, 0.29) is 0 Å². The lowest BCUT2D eigenvalue weighted by molar-refractivity contribution is 0.302. The van der Waals surface area contributed by atoms with Crippen LogP contribution in [-0.2, 0) is 0 Å². The van der Waals surface area contributed by atoms with Gasteiger partial charge in [-0.05, 0) is 50.7 Å². The molecule has 2 rings (SSSR count). The summed E-state index contributed by atoms with van der Waals surface area (Å²) in [5, 5.41) is 3.74. The third-order valence-corrected chi connectivity index (χ3v) is 5.17. The molecule has 96 valence electrons. The molecule has 17 heavy (non-hydrogen) atoms. The molecule has 0 bridgehead atoms. The van der Waals surface area contributed by atoms with E-state index in [1.807, 2.05) is 11.3 Å². The van der Waals surface area contributed by atoms with Crippen LogP contribution in [0.2, 0.25) is 0 Å². The monoisotopic (exact) mass is 251 g/mol. The van der Waals surface area contributed by atoms with Gasteiger partial charge < -0.3 is 5.32 Å². The Kier molecular flexibility index (Phi) is 3.94. The van der Waals surface area contributed by atoms with E-state index in [1.54, 1.807) is 0 Å². The molecule has 1 N–H and O–H groups in total. The smallest absolute Gasteiger partial charge is 0.0303 e. The van der Waals surface area contributed by atoms with E-state index in [2.05, 4.69) is 39.1 Å². The Morgan fingerprint density at radius 1 is 1.35 bits per heavy atom. The highest BCUT2D eigenvalue weighted by Crippen LogP contribution is 2.37. The maximum atomic E-state index is 3.74. The SMILES string of the molecule is Cc1cc(C(C)NCC2(C)CCCC2)c(C)s1. The summed E-state index contributed by atoms with van der Waals surface area (Å²) in [6, 6.07) is 2.84. The van der Waals surface area contributed by atoms with Crippen LogP contribution in [0.1, 0.15) is 60.9 Å². The summed E-state index contributed by atoms with van der Waals surface area (Å²) >= 11 is 1.91. The Hall–Kier alpha value is -0.340. The van der Waals surface area contributed by atoms with Gasteiger partial charge in [0.2, 0.25) is 0 Å². The number of nitrogens with one attached hydrogen (secondary N) is 1. The fourth-order valence-electron chi connectivity index (χ4n) is 3.00. The predicted octanol–water partition coefficient (Wildman–Crippen LogP) is 4.60. The van der Waals surface area contributed by atoms with Crippen molar-refractivity contribution in [1.29, 1.82) is 0 Å². The molecule has 1 aliphatic rings. The van der Waals surface area contributed by atoms with Crippen LogP contribution in [0.4, 0.5) is 0 Å². The van der Waals surface area contributed by atoms with E-state index in [0.29, 0.717) is 11.5 Å².